The molecular weight excluding hydrogens is 217 g/mol. The summed E-state index contributed by atoms with van der Waals surface area (Å²) in [6.07, 6.45) is 3.70. The molecule has 0 aromatic carbocycles. The summed E-state index contributed by atoms with van der Waals surface area (Å²) in [5, 5.41) is 4.11. The van der Waals surface area contributed by atoms with Gasteiger partial charge in [0.25, 0.3) is 0 Å². The molecule has 2 N–H and O–H groups in total. The highest BCUT2D eigenvalue weighted by Gasteiger charge is 2.52. The van der Waals surface area contributed by atoms with E-state index in [9.17, 15) is 0 Å². The van der Waals surface area contributed by atoms with E-state index >= 15 is 0 Å². The Morgan fingerprint density at radius 2 is 1.65 bits per heavy atom. The quantitative estimate of drug-likeness (QED) is 0.715. The Balaban J connectivity index is 0.000000686. The Labute approximate surface area is 103 Å². The van der Waals surface area contributed by atoms with Gasteiger partial charge in [0.15, 0.2) is 0 Å². The van der Waals surface area contributed by atoms with Crippen LogP contribution >= 0.6 is 0 Å². The van der Waals surface area contributed by atoms with Crippen LogP contribution in [-0.2, 0) is 16.4 Å². The molecule has 0 atom stereocenters. The minimum atomic E-state index is -0.302. The molecule has 0 radical (unpaired) electrons. The van der Waals surface area contributed by atoms with E-state index in [2.05, 4.69) is 10.8 Å². The average Bonchev–Trinajstić information content (AvgIpc) is 2.73. The number of hydrogen-bond acceptors (Lipinski definition) is 4. The highest BCUT2D eigenvalue weighted by atomic mass is 16.7. The van der Waals surface area contributed by atoms with Gasteiger partial charge in [-0.25, -0.2) is 0 Å². The van der Waals surface area contributed by atoms with Crippen molar-refractivity contribution in [3.05, 3.63) is 12.4 Å². The first-order valence-electron chi connectivity index (χ1n) is 5.74. The Morgan fingerprint density at radius 1 is 1.18 bits per heavy atom. The normalized spacial score (nSPS) is 21.0. The summed E-state index contributed by atoms with van der Waals surface area (Å²) in [5.74, 6) is 0. The lowest BCUT2D eigenvalue weighted by Crippen LogP contribution is -2.41. The SMILES string of the molecule is CN.Cn1cc(B2OC(C)(C)C(C)(C)O2)cn1. The smallest absolute Gasteiger partial charge is 0.399 e. The fraction of sp³-hybridized carbons (Fsp3) is 0.727. The second-order valence-corrected chi connectivity index (χ2v) is 5.04. The highest BCUT2D eigenvalue weighted by molar-refractivity contribution is 6.61. The average molecular weight is 239 g/mol. The molecule has 1 aromatic rings. The number of rotatable bonds is 1. The fourth-order valence-corrected chi connectivity index (χ4v) is 1.54. The zero-order valence-electron chi connectivity index (χ0n) is 11.5. The second-order valence-electron chi connectivity index (χ2n) is 5.04. The first kappa shape index (κ1) is 14.2. The van der Waals surface area contributed by atoms with E-state index in [0.29, 0.717) is 0 Å². The first-order valence-corrected chi connectivity index (χ1v) is 5.74. The van der Waals surface area contributed by atoms with Crippen molar-refractivity contribution in [3.63, 3.8) is 0 Å². The van der Waals surface area contributed by atoms with Crippen LogP contribution in [-0.4, -0.2) is 35.1 Å². The van der Waals surface area contributed by atoms with Crippen molar-refractivity contribution < 1.29 is 9.31 Å². The fourth-order valence-electron chi connectivity index (χ4n) is 1.54. The van der Waals surface area contributed by atoms with Crippen LogP contribution in [0.15, 0.2) is 12.4 Å². The summed E-state index contributed by atoms with van der Waals surface area (Å²) in [5.41, 5.74) is 4.90. The topological polar surface area (TPSA) is 62.3 Å². The van der Waals surface area contributed by atoms with Crippen LogP contribution in [0.25, 0.3) is 0 Å². The monoisotopic (exact) mass is 239 g/mol. The minimum Gasteiger partial charge on any atom is -0.399 e. The van der Waals surface area contributed by atoms with Gasteiger partial charge in [-0.3, -0.25) is 4.68 Å². The third kappa shape index (κ3) is 2.70. The van der Waals surface area contributed by atoms with Crippen LogP contribution in [0.4, 0.5) is 0 Å². The molecule has 1 aromatic heterocycles. The van der Waals surface area contributed by atoms with Gasteiger partial charge in [0.2, 0.25) is 0 Å². The molecule has 1 fully saturated rings. The largest absolute Gasteiger partial charge is 0.498 e. The van der Waals surface area contributed by atoms with Crippen molar-refractivity contribution in [2.45, 2.75) is 38.9 Å². The predicted molar refractivity (Wildman–Crippen MR) is 69.0 cm³/mol. The molecule has 0 bridgehead atoms. The predicted octanol–water partition coefficient (Wildman–Crippen LogP) is 0.294. The summed E-state index contributed by atoms with van der Waals surface area (Å²) in [4.78, 5) is 0. The Kier molecular flexibility index (Phi) is 4.01. The molecule has 2 rings (SSSR count). The van der Waals surface area contributed by atoms with E-state index < -0.39 is 0 Å². The molecule has 96 valence electrons. The highest BCUT2D eigenvalue weighted by Crippen LogP contribution is 2.36. The van der Waals surface area contributed by atoms with Crippen molar-refractivity contribution in [2.75, 3.05) is 7.05 Å². The Hall–Kier alpha value is -0.845. The number of aromatic nitrogens is 2. The van der Waals surface area contributed by atoms with Gasteiger partial charge in [0.05, 0.1) is 11.2 Å². The van der Waals surface area contributed by atoms with E-state index in [4.69, 9.17) is 9.31 Å². The lowest BCUT2D eigenvalue weighted by Gasteiger charge is -2.32. The third-order valence-electron chi connectivity index (χ3n) is 3.25. The van der Waals surface area contributed by atoms with Crippen LogP contribution < -0.4 is 11.2 Å². The van der Waals surface area contributed by atoms with Crippen LogP contribution in [0.1, 0.15) is 27.7 Å². The summed E-state index contributed by atoms with van der Waals surface area (Å²) in [6.45, 7) is 8.18. The van der Waals surface area contributed by atoms with Crippen LogP contribution in [0.5, 0.6) is 0 Å². The van der Waals surface area contributed by atoms with Crippen molar-refractivity contribution in [1.82, 2.24) is 9.78 Å². The first-order chi connectivity index (χ1) is 7.82. The van der Waals surface area contributed by atoms with E-state index in [0.717, 1.165) is 5.46 Å². The summed E-state index contributed by atoms with van der Waals surface area (Å²) >= 11 is 0. The minimum absolute atomic E-state index is 0.284. The number of hydrogen-bond donors (Lipinski definition) is 1. The van der Waals surface area contributed by atoms with E-state index in [1.807, 2.05) is 40.9 Å². The zero-order valence-corrected chi connectivity index (χ0v) is 11.5. The van der Waals surface area contributed by atoms with Crippen molar-refractivity contribution in [2.24, 2.45) is 12.8 Å². The molecule has 1 aliphatic heterocycles. The van der Waals surface area contributed by atoms with Gasteiger partial charge in [-0.1, -0.05) is 0 Å². The molecule has 0 unspecified atom stereocenters. The van der Waals surface area contributed by atoms with Gasteiger partial charge in [0, 0.05) is 24.9 Å². The molecule has 0 saturated carbocycles. The maximum atomic E-state index is 5.89. The molecule has 5 nitrogen and oxygen atoms in total. The molecule has 17 heavy (non-hydrogen) atoms. The molecular formula is C11H22BN3O2. The van der Waals surface area contributed by atoms with Gasteiger partial charge >= 0.3 is 7.12 Å². The molecule has 0 spiro atoms. The number of aryl methyl sites for hydroxylation is 1. The van der Waals surface area contributed by atoms with Crippen LogP contribution in [0.3, 0.4) is 0 Å². The lowest BCUT2D eigenvalue weighted by atomic mass is 9.82. The Bertz CT molecular complexity index is 361. The zero-order chi connectivity index (χ0) is 13.3. The van der Waals surface area contributed by atoms with Gasteiger partial charge < -0.3 is 15.0 Å². The van der Waals surface area contributed by atoms with E-state index in [1.165, 1.54) is 7.05 Å². The summed E-state index contributed by atoms with van der Waals surface area (Å²) < 4.78 is 13.5. The summed E-state index contributed by atoms with van der Waals surface area (Å²) in [6, 6.07) is 0. The van der Waals surface area contributed by atoms with Crippen molar-refractivity contribution >= 4 is 12.6 Å². The van der Waals surface area contributed by atoms with Crippen LogP contribution in [0, 0.1) is 0 Å². The molecule has 0 aliphatic carbocycles. The lowest BCUT2D eigenvalue weighted by molar-refractivity contribution is 0.00578. The maximum Gasteiger partial charge on any atom is 0.498 e. The van der Waals surface area contributed by atoms with Gasteiger partial charge in [-0.05, 0) is 34.7 Å². The summed E-state index contributed by atoms with van der Waals surface area (Å²) in [7, 11) is 3.08. The van der Waals surface area contributed by atoms with Crippen molar-refractivity contribution in [1.29, 1.82) is 0 Å². The van der Waals surface area contributed by atoms with Crippen LogP contribution in [0.2, 0.25) is 0 Å². The number of nitrogens with zero attached hydrogens (tertiary/aromatic N) is 2. The van der Waals surface area contributed by atoms with Gasteiger partial charge in [-0.15, -0.1) is 0 Å². The second kappa shape index (κ2) is 4.80. The van der Waals surface area contributed by atoms with Gasteiger partial charge in [0.1, 0.15) is 0 Å². The molecule has 0 amide bonds. The van der Waals surface area contributed by atoms with Gasteiger partial charge in [-0.2, -0.15) is 5.10 Å². The maximum absolute atomic E-state index is 5.89. The Morgan fingerprint density at radius 3 is 2.00 bits per heavy atom. The number of nitrogens with two attached hydrogens (primary N) is 1. The molecule has 2 heterocycles. The third-order valence-corrected chi connectivity index (χ3v) is 3.25. The standard InChI is InChI=1S/C10H17BN2O2.CH5N/c1-9(2)10(3,4)15-11(14-9)8-6-12-13(5)7-8;1-2/h6-7H,1-5H3;2H2,1H3. The van der Waals surface area contributed by atoms with E-state index in [-0.39, 0.29) is 18.3 Å². The van der Waals surface area contributed by atoms with Crippen molar-refractivity contribution in [3.8, 4) is 0 Å². The molecule has 1 aliphatic rings. The molecule has 6 heteroatoms. The van der Waals surface area contributed by atoms with E-state index in [1.54, 1.807) is 10.9 Å². The molecule has 1 saturated heterocycles.